The smallest absolute Gasteiger partial charge is 0.193 e. The third kappa shape index (κ3) is 3.01. The van der Waals surface area contributed by atoms with Gasteiger partial charge in [0.1, 0.15) is 11.5 Å². The van der Waals surface area contributed by atoms with Crippen LogP contribution in [0.3, 0.4) is 0 Å². The third-order valence-corrected chi connectivity index (χ3v) is 2.75. The minimum Gasteiger partial charge on any atom is -0.507 e. The molecule has 0 fully saturated rings. The zero-order valence-corrected chi connectivity index (χ0v) is 10.5. The number of hydrogen-bond acceptors (Lipinski definition) is 3. The predicted octanol–water partition coefficient (Wildman–Crippen LogP) is 3.48. The zero-order valence-electron chi connectivity index (χ0n) is 10.5. The Morgan fingerprint density at radius 3 is 2.53 bits per heavy atom. The molecule has 0 amide bonds. The van der Waals surface area contributed by atoms with Gasteiger partial charge < -0.3 is 10.2 Å². The number of phenols is 1. The number of allylic oxidation sites excluding steroid dienone is 1. The highest BCUT2D eigenvalue weighted by molar-refractivity contribution is 6.09. The Morgan fingerprint density at radius 1 is 1.11 bits per heavy atom. The van der Waals surface area contributed by atoms with Gasteiger partial charge in [-0.05, 0) is 25.1 Å². The molecule has 0 aromatic heterocycles. The summed E-state index contributed by atoms with van der Waals surface area (Å²) in [6, 6.07) is 13.4. The number of aromatic hydroxyl groups is 1. The Hall–Kier alpha value is -2.55. The van der Waals surface area contributed by atoms with Gasteiger partial charge >= 0.3 is 0 Å². The molecule has 0 bridgehead atoms. The van der Waals surface area contributed by atoms with Crippen LogP contribution in [-0.2, 0) is 0 Å². The van der Waals surface area contributed by atoms with E-state index in [0.717, 1.165) is 11.6 Å². The van der Waals surface area contributed by atoms with Gasteiger partial charge in [0.2, 0.25) is 0 Å². The molecule has 0 aliphatic heterocycles. The Labute approximate surface area is 111 Å². The van der Waals surface area contributed by atoms with Gasteiger partial charge in [-0.25, -0.2) is 0 Å². The summed E-state index contributed by atoms with van der Waals surface area (Å²) in [5.74, 6) is -0.644. The number of aliphatic hydroxyl groups is 1. The number of phenolic OH excluding ortho intramolecular Hbond substituents is 1. The number of para-hydroxylation sites is 1. The molecular weight excluding hydrogens is 240 g/mol. The molecule has 0 aliphatic rings. The summed E-state index contributed by atoms with van der Waals surface area (Å²) < 4.78 is 0. The van der Waals surface area contributed by atoms with Crippen molar-refractivity contribution >= 4 is 11.5 Å². The first-order valence-corrected chi connectivity index (χ1v) is 5.88. The summed E-state index contributed by atoms with van der Waals surface area (Å²) in [5.41, 5.74) is 1.73. The van der Waals surface area contributed by atoms with Crippen molar-refractivity contribution in [1.29, 1.82) is 0 Å². The Morgan fingerprint density at radius 2 is 1.84 bits per heavy atom. The quantitative estimate of drug-likeness (QED) is 0.501. The van der Waals surface area contributed by atoms with E-state index in [2.05, 4.69) is 0 Å². The van der Waals surface area contributed by atoms with Gasteiger partial charge in [-0.2, -0.15) is 0 Å². The van der Waals surface area contributed by atoms with Crippen LogP contribution in [-0.4, -0.2) is 16.0 Å². The van der Waals surface area contributed by atoms with Gasteiger partial charge in [0.25, 0.3) is 0 Å². The first-order valence-electron chi connectivity index (χ1n) is 5.88. The van der Waals surface area contributed by atoms with Gasteiger partial charge in [0.05, 0.1) is 5.56 Å². The van der Waals surface area contributed by atoms with Crippen molar-refractivity contribution in [3.05, 3.63) is 71.3 Å². The number of carbonyl (C=O) groups is 1. The summed E-state index contributed by atoms with van der Waals surface area (Å²) in [4.78, 5) is 11.9. The lowest BCUT2D eigenvalue weighted by molar-refractivity contribution is 0.104. The Balaban J connectivity index is 2.31. The third-order valence-electron chi connectivity index (χ3n) is 2.75. The molecule has 0 unspecified atom stereocenters. The molecule has 2 N–H and O–H groups in total. The standard InChI is InChI=1S/C16H14O3/c1-11-5-4-6-12(9-11)15(18)10-16(19)13-7-2-3-8-14(13)17/h2-10,17-18H,1H3. The highest BCUT2D eigenvalue weighted by Gasteiger charge is 2.09. The summed E-state index contributed by atoms with van der Waals surface area (Å²) in [5, 5.41) is 19.5. The lowest BCUT2D eigenvalue weighted by Crippen LogP contribution is -1.97. The van der Waals surface area contributed by atoms with Crippen LogP contribution in [0.15, 0.2) is 54.6 Å². The van der Waals surface area contributed by atoms with Gasteiger partial charge in [-0.1, -0.05) is 35.9 Å². The van der Waals surface area contributed by atoms with Crippen LogP contribution in [0.4, 0.5) is 0 Å². The number of benzene rings is 2. The van der Waals surface area contributed by atoms with Crippen LogP contribution in [0.2, 0.25) is 0 Å². The van der Waals surface area contributed by atoms with Crippen molar-refractivity contribution in [3.8, 4) is 5.75 Å². The average molecular weight is 254 g/mol. The fourth-order valence-electron chi connectivity index (χ4n) is 1.77. The second-order valence-corrected chi connectivity index (χ2v) is 4.28. The summed E-state index contributed by atoms with van der Waals surface area (Å²) in [6.07, 6.45) is 1.11. The summed E-state index contributed by atoms with van der Waals surface area (Å²) >= 11 is 0. The van der Waals surface area contributed by atoms with Crippen LogP contribution in [0.25, 0.3) is 5.76 Å². The first-order chi connectivity index (χ1) is 9.08. The molecule has 0 saturated heterocycles. The normalized spacial score (nSPS) is 11.3. The second kappa shape index (κ2) is 5.40. The van der Waals surface area contributed by atoms with Crippen LogP contribution in [0.1, 0.15) is 21.5 Å². The lowest BCUT2D eigenvalue weighted by atomic mass is 10.1. The van der Waals surface area contributed by atoms with Gasteiger partial charge in [0.15, 0.2) is 5.78 Å². The average Bonchev–Trinajstić information content (AvgIpc) is 2.39. The number of carbonyl (C=O) groups excluding carboxylic acids is 1. The molecule has 19 heavy (non-hydrogen) atoms. The number of ketones is 1. The van der Waals surface area contributed by atoms with E-state index >= 15 is 0 Å². The highest BCUT2D eigenvalue weighted by atomic mass is 16.3. The van der Waals surface area contributed by atoms with E-state index in [-0.39, 0.29) is 17.1 Å². The molecular formula is C16H14O3. The molecule has 0 spiro atoms. The van der Waals surface area contributed by atoms with Crippen molar-refractivity contribution in [2.75, 3.05) is 0 Å². The molecule has 0 saturated carbocycles. The van der Waals surface area contributed by atoms with Gasteiger partial charge in [0, 0.05) is 11.6 Å². The van der Waals surface area contributed by atoms with Crippen molar-refractivity contribution in [2.24, 2.45) is 0 Å². The largest absolute Gasteiger partial charge is 0.507 e. The fourth-order valence-corrected chi connectivity index (χ4v) is 1.77. The van der Waals surface area contributed by atoms with Crippen molar-refractivity contribution in [1.82, 2.24) is 0 Å². The molecule has 2 rings (SSSR count). The molecule has 0 atom stereocenters. The maximum atomic E-state index is 11.9. The SMILES string of the molecule is Cc1cccc(C(O)=CC(=O)c2ccccc2O)c1. The van der Waals surface area contributed by atoms with Crippen molar-refractivity contribution in [2.45, 2.75) is 6.92 Å². The Bertz CT molecular complexity index is 642. The Kier molecular flexibility index (Phi) is 3.66. The molecule has 2 aromatic rings. The lowest BCUT2D eigenvalue weighted by Gasteiger charge is -2.03. The monoisotopic (exact) mass is 254 g/mol. The van der Waals surface area contributed by atoms with Gasteiger partial charge in [-0.3, -0.25) is 4.79 Å². The molecule has 0 radical (unpaired) electrons. The van der Waals surface area contributed by atoms with E-state index in [9.17, 15) is 15.0 Å². The molecule has 96 valence electrons. The molecule has 3 nitrogen and oxygen atoms in total. The zero-order chi connectivity index (χ0) is 13.8. The molecule has 0 aliphatic carbocycles. The minimum atomic E-state index is -0.433. The van der Waals surface area contributed by atoms with E-state index in [1.807, 2.05) is 13.0 Å². The van der Waals surface area contributed by atoms with E-state index in [4.69, 9.17) is 0 Å². The number of rotatable bonds is 3. The van der Waals surface area contributed by atoms with Crippen LogP contribution in [0.5, 0.6) is 5.75 Å². The minimum absolute atomic E-state index is 0.0965. The number of hydrogen-bond donors (Lipinski definition) is 2. The fraction of sp³-hybridized carbons (Fsp3) is 0.0625. The first kappa shape index (κ1) is 12.9. The predicted molar refractivity (Wildman–Crippen MR) is 74.2 cm³/mol. The molecule has 3 heteroatoms. The maximum absolute atomic E-state index is 11.9. The highest BCUT2D eigenvalue weighted by Crippen LogP contribution is 2.19. The maximum Gasteiger partial charge on any atom is 0.193 e. The topological polar surface area (TPSA) is 57.5 Å². The number of aryl methyl sites for hydroxylation is 1. The van der Waals surface area contributed by atoms with Gasteiger partial charge in [-0.15, -0.1) is 0 Å². The van der Waals surface area contributed by atoms with E-state index in [1.165, 1.54) is 12.1 Å². The van der Waals surface area contributed by atoms with Crippen molar-refractivity contribution in [3.63, 3.8) is 0 Å². The van der Waals surface area contributed by atoms with Crippen molar-refractivity contribution < 1.29 is 15.0 Å². The molecule has 2 aromatic carbocycles. The van der Waals surface area contributed by atoms with E-state index in [0.29, 0.717) is 5.56 Å². The number of aliphatic hydroxyl groups excluding tert-OH is 1. The van der Waals surface area contributed by atoms with E-state index in [1.54, 1.807) is 30.3 Å². The van der Waals surface area contributed by atoms with E-state index < -0.39 is 5.78 Å². The van der Waals surface area contributed by atoms with Crippen LogP contribution in [0, 0.1) is 6.92 Å². The summed E-state index contributed by atoms with van der Waals surface area (Å²) in [7, 11) is 0. The van der Waals surface area contributed by atoms with Crippen LogP contribution < -0.4 is 0 Å². The molecule has 0 heterocycles. The second-order valence-electron chi connectivity index (χ2n) is 4.28. The summed E-state index contributed by atoms with van der Waals surface area (Å²) in [6.45, 7) is 1.90. The van der Waals surface area contributed by atoms with Crippen LogP contribution >= 0.6 is 0 Å².